The van der Waals surface area contributed by atoms with Crippen LogP contribution in [0.25, 0.3) is 0 Å². The van der Waals surface area contributed by atoms with Crippen molar-refractivity contribution in [2.45, 2.75) is 19.9 Å². The van der Waals surface area contributed by atoms with Gasteiger partial charge in [0, 0.05) is 0 Å². The molecule has 3 heteroatoms. The van der Waals surface area contributed by atoms with Gasteiger partial charge in [0.05, 0.1) is 6.04 Å². The number of hydrogen-bond acceptors (Lipinski definition) is 2. The Morgan fingerprint density at radius 2 is 2.22 bits per heavy atom. The second-order valence-corrected chi connectivity index (χ2v) is 2.19. The minimum absolute atomic E-state index is 0.0800. The summed E-state index contributed by atoms with van der Waals surface area (Å²) in [5, 5.41) is 0. The quantitative estimate of drug-likeness (QED) is 0.419. The number of isocyanates is 1. The maximum absolute atomic E-state index is 11.8. The first-order valence-corrected chi connectivity index (χ1v) is 2.85. The fourth-order valence-electron chi connectivity index (χ4n) is 0.429. The first-order chi connectivity index (χ1) is 4.22. The summed E-state index contributed by atoms with van der Waals surface area (Å²) in [6.45, 7) is 3.04. The molecule has 0 heterocycles. The first kappa shape index (κ1) is 8.31. The van der Waals surface area contributed by atoms with Gasteiger partial charge in [-0.2, -0.15) is 4.99 Å². The van der Waals surface area contributed by atoms with Crippen molar-refractivity contribution < 1.29 is 9.18 Å². The highest BCUT2D eigenvalue weighted by Gasteiger charge is 2.09. The zero-order valence-electron chi connectivity index (χ0n) is 5.60. The second kappa shape index (κ2) is 4.21. The monoisotopic (exact) mass is 131 g/mol. The highest BCUT2D eigenvalue weighted by Crippen LogP contribution is 2.04. The molecule has 0 aliphatic rings. The van der Waals surface area contributed by atoms with Gasteiger partial charge in [-0.25, -0.2) is 9.18 Å². The largest absolute Gasteiger partial charge is 0.249 e. The van der Waals surface area contributed by atoms with Gasteiger partial charge >= 0.3 is 0 Å². The van der Waals surface area contributed by atoms with Crippen LogP contribution in [0.4, 0.5) is 4.39 Å². The molecular formula is C6H10FNO. The highest BCUT2D eigenvalue weighted by molar-refractivity contribution is 5.33. The van der Waals surface area contributed by atoms with E-state index in [0.717, 1.165) is 0 Å². The van der Waals surface area contributed by atoms with Crippen molar-refractivity contribution in [3.63, 3.8) is 0 Å². The number of halogens is 1. The average molecular weight is 131 g/mol. The third-order valence-corrected chi connectivity index (χ3v) is 1.15. The SMILES string of the molecule is CC(C)C(CF)N=C=O. The number of carbonyl (C=O) groups excluding carboxylic acids is 1. The predicted octanol–water partition coefficient (Wildman–Crippen LogP) is 1.32. The molecule has 0 rings (SSSR count). The zero-order valence-corrected chi connectivity index (χ0v) is 5.60. The van der Waals surface area contributed by atoms with Crippen LogP contribution in [-0.2, 0) is 4.79 Å². The summed E-state index contributed by atoms with van der Waals surface area (Å²) < 4.78 is 11.8. The van der Waals surface area contributed by atoms with Crippen LogP contribution < -0.4 is 0 Å². The molecule has 1 unspecified atom stereocenters. The van der Waals surface area contributed by atoms with E-state index in [1.807, 2.05) is 13.8 Å². The summed E-state index contributed by atoms with van der Waals surface area (Å²) in [4.78, 5) is 12.9. The molecule has 0 N–H and O–H groups in total. The summed E-state index contributed by atoms with van der Waals surface area (Å²) in [6, 6.07) is -0.498. The zero-order chi connectivity index (χ0) is 7.28. The van der Waals surface area contributed by atoms with Crippen LogP contribution in [0.2, 0.25) is 0 Å². The van der Waals surface area contributed by atoms with Crippen molar-refractivity contribution in [1.82, 2.24) is 0 Å². The van der Waals surface area contributed by atoms with Crippen LogP contribution in [0.5, 0.6) is 0 Å². The van der Waals surface area contributed by atoms with Crippen LogP contribution in [0.15, 0.2) is 4.99 Å². The van der Waals surface area contributed by atoms with Gasteiger partial charge in [0.15, 0.2) is 0 Å². The van der Waals surface area contributed by atoms with Gasteiger partial charge in [0.25, 0.3) is 0 Å². The molecule has 0 radical (unpaired) electrons. The van der Waals surface area contributed by atoms with Gasteiger partial charge in [-0.05, 0) is 5.92 Å². The molecule has 0 amide bonds. The number of alkyl halides is 1. The number of hydrogen-bond donors (Lipinski definition) is 0. The topological polar surface area (TPSA) is 29.4 Å². The van der Waals surface area contributed by atoms with E-state index in [-0.39, 0.29) is 5.92 Å². The van der Waals surface area contributed by atoms with Gasteiger partial charge in [0.2, 0.25) is 6.08 Å². The highest BCUT2D eigenvalue weighted by atomic mass is 19.1. The Morgan fingerprint density at radius 1 is 1.67 bits per heavy atom. The van der Waals surface area contributed by atoms with E-state index < -0.39 is 12.7 Å². The maximum atomic E-state index is 11.8. The Balaban J connectivity index is 3.82. The van der Waals surface area contributed by atoms with Crippen LogP contribution in [0.1, 0.15) is 13.8 Å². The normalized spacial score (nSPS) is 12.9. The smallest absolute Gasteiger partial charge is 0.235 e. The Labute approximate surface area is 53.8 Å². The van der Waals surface area contributed by atoms with Crippen LogP contribution >= 0.6 is 0 Å². The fourth-order valence-corrected chi connectivity index (χ4v) is 0.429. The lowest BCUT2D eigenvalue weighted by molar-refractivity contribution is 0.365. The number of rotatable bonds is 3. The van der Waals surface area contributed by atoms with E-state index >= 15 is 0 Å². The van der Waals surface area contributed by atoms with E-state index in [2.05, 4.69) is 4.99 Å². The Bertz CT molecular complexity index is 118. The van der Waals surface area contributed by atoms with Crippen molar-refractivity contribution in [3.8, 4) is 0 Å². The minimum atomic E-state index is -0.576. The summed E-state index contributed by atoms with van der Waals surface area (Å²) in [7, 11) is 0. The molecule has 9 heavy (non-hydrogen) atoms. The molecule has 0 aliphatic carbocycles. The molecule has 0 aliphatic heterocycles. The molecule has 0 aromatic rings. The van der Waals surface area contributed by atoms with Gasteiger partial charge in [-0.15, -0.1) is 0 Å². The third-order valence-electron chi connectivity index (χ3n) is 1.15. The van der Waals surface area contributed by atoms with Crippen LogP contribution in [0.3, 0.4) is 0 Å². The summed E-state index contributed by atoms with van der Waals surface area (Å²) in [5.41, 5.74) is 0. The molecule has 2 nitrogen and oxygen atoms in total. The Kier molecular flexibility index (Phi) is 3.89. The van der Waals surface area contributed by atoms with Crippen LogP contribution in [0, 0.1) is 5.92 Å². The number of aliphatic imine (C=N–C) groups is 1. The van der Waals surface area contributed by atoms with E-state index in [1.165, 1.54) is 6.08 Å². The van der Waals surface area contributed by atoms with E-state index in [4.69, 9.17) is 0 Å². The second-order valence-electron chi connectivity index (χ2n) is 2.19. The van der Waals surface area contributed by atoms with Crippen LogP contribution in [-0.4, -0.2) is 18.8 Å². The van der Waals surface area contributed by atoms with Crippen molar-refractivity contribution >= 4 is 6.08 Å². The summed E-state index contributed by atoms with van der Waals surface area (Å²) >= 11 is 0. The fraction of sp³-hybridized carbons (Fsp3) is 0.833. The molecular weight excluding hydrogens is 121 g/mol. The molecule has 0 bridgehead atoms. The van der Waals surface area contributed by atoms with Crippen molar-refractivity contribution in [1.29, 1.82) is 0 Å². The molecule has 52 valence electrons. The van der Waals surface area contributed by atoms with Gasteiger partial charge in [-0.1, -0.05) is 13.8 Å². The van der Waals surface area contributed by atoms with E-state index in [0.29, 0.717) is 0 Å². The van der Waals surface area contributed by atoms with Crippen molar-refractivity contribution in [2.75, 3.05) is 6.67 Å². The van der Waals surface area contributed by atoms with Crippen molar-refractivity contribution in [2.24, 2.45) is 10.9 Å². The maximum Gasteiger partial charge on any atom is 0.235 e. The molecule has 0 saturated carbocycles. The standard InChI is InChI=1S/C6H10FNO/c1-5(2)6(3-7)8-4-9/h5-6H,3H2,1-2H3. The van der Waals surface area contributed by atoms with Gasteiger partial charge < -0.3 is 0 Å². The lowest BCUT2D eigenvalue weighted by Gasteiger charge is -2.07. The lowest BCUT2D eigenvalue weighted by Crippen LogP contribution is -2.14. The molecule has 0 saturated heterocycles. The molecule has 0 fully saturated rings. The first-order valence-electron chi connectivity index (χ1n) is 2.85. The summed E-state index contributed by atoms with van der Waals surface area (Å²) in [6.07, 6.45) is 1.34. The Morgan fingerprint density at radius 3 is 2.33 bits per heavy atom. The molecule has 0 aromatic heterocycles. The van der Waals surface area contributed by atoms with E-state index in [1.54, 1.807) is 0 Å². The predicted molar refractivity (Wildman–Crippen MR) is 32.7 cm³/mol. The van der Waals surface area contributed by atoms with Crippen molar-refractivity contribution in [3.05, 3.63) is 0 Å². The van der Waals surface area contributed by atoms with E-state index in [9.17, 15) is 9.18 Å². The molecule has 0 spiro atoms. The number of nitrogens with zero attached hydrogens (tertiary/aromatic N) is 1. The lowest BCUT2D eigenvalue weighted by atomic mass is 10.1. The minimum Gasteiger partial charge on any atom is -0.249 e. The van der Waals surface area contributed by atoms with Gasteiger partial charge in [-0.3, -0.25) is 0 Å². The molecule has 0 aromatic carbocycles. The summed E-state index contributed by atoms with van der Waals surface area (Å²) in [5.74, 6) is 0.0800. The van der Waals surface area contributed by atoms with Gasteiger partial charge in [0.1, 0.15) is 6.67 Å². The third kappa shape index (κ3) is 2.98. The average Bonchev–Trinajstić information content (AvgIpc) is 1.82. The Hall–Kier alpha value is -0.690. The molecule has 1 atom stereocenters.